The predicted octanol–water partition coefficient (Wildman–Crippen LogP) is 3.65. The molecule has 0 bridgehead atoms. The monoisotopic (exact) mass is 308 g/mol. The first-order valence-electron chi connectivity index (χ1n) is 7.16. The predicted molar refractivity (Wildman–Crippen MR) is 90.9 cm³/mol. The van der Waals surface area contributed by atoms with Gasteiger partial charge in [-0.25, -0.2) is 4.79 Å². The zero-order chi connectivity index (χ0) is 16.0. The third-order valence-electron chi connectivity index (χ3n) is 3.32. The van der Waals surface area contributed by atoms with Crippen LogP contribution >= 0.6 is 12.2 Å². The molecule has 0 radical (unpaired) electrons. The number of thiocarbonyl (C=S) groups is 1. The lowest BCUT2D eigenvalue weighted by atomic mass is 10.0. The van der Waals surface area contributed by atoms with E-state index in [1.54, 1.807) is 19.1 Å². The van der Waals surface area contributed by atoms with E-state index in [4.69, 9.17) is 17.0 Å². The minimum Gasteiger partial charge on any atom is -0.462 e. The highest BCUT2D eigenvalue weighted by Crippen LogP contribution is 2.18. The summed E-state index contributed by atoms with van der Waals surface area (Å²) in [6, 6.07) is 5.38. The van der Waals surface area contributed by atoms with Crippen molar-refractivity contribution in [1.29, 1.82) is 0 Å². The van der Waals surface area contributed by atoms with Crippen LogP contribution in [0.1, 0.15) is 50.0 Å². The van der Waals surface area contributed by atoms with Gasteiger partial charge in [0.1, 0.15) is 0 Å². The van der Waals surface area contributed by atoms with Gasteiger partial charge in [-0.3, -0.25) is 0 Å². The van der Waals surface area contributed by atoms with Crippen molar-refractivity contribution < 1.29 is 9.53 Å². The van der Waals surface area contributed by atoms with Gasteiger partial charge in [-0.05, 0) is 70.1 Å². The fourth-order valence-corrected chi connectivity index (χ4v) is 2.08. The number of hydrogen-bond donors (Lipinski definition) is 2. The van der Waals surface area contributed by atoms with Crippen LogP contribution in [0.4, 0.5) is 5.69 Å². The van der Waals surface area contributed by atoms with Gasteiger partial charge in [0.2, 0.25) is 0 Å². The summed E-state index contributed by atoms with van der Waals surface area (Å²) in [6.07, 6.45) is 0.968. The summed E-state index contributed by atoms with van der Waals surface area (Å²) >= 11 is 5.32. The molecule has 0 spiro atoms. The van der Waals surface area contributed by atoms with Gasteiger partial charge in [-0.2, -0.15) is 0 Å². The Hall–Kier alpha value is -1.62. The zero-order valence-corrected chi connectivity index (χ0v) is 14.2. The van der Waals surface area contributed by atoms with E-state index in [-0.39, 0.29) is 11.5 Å². The molecule has 0 saturated heterocycles. The highest BCUT2D eigenvalue weighted by Gasteiger charge is 2.16. The summed E-state index contributed by atoms with van der Waals surface area (Å²) in [6.45, 7) is 10.4. The van der Waals surface area contributed by atoms with E-state index < -0.39 is 0 Å². The first kappa shape index (κ1) is 17.4. The Morgan fingerprint density at radius 3 is 2.52 bits per heavy atom. The average Bonchev–Trinajstić information content (AvgIpc) is 2.40. The van der Waals surface area contributed by atoms with E-state index in [0.29, 0.717) is 17.3 Å². The fourth-order valence-electron chi connectivity index (χ4n) is 1.69. The number of esters is 1. The average molecular weight is 308 g/mol. The summed E-state index contributed by atoms with van der Waals surface area (Å²) in [5, 5.41) is 7.01. The number of anilines is 1. The molecule has 0 heterocycles. The molecular formula is C16H24N2O2S. The van der Waals surface area contributed by atoms with Crippen molar-refractivity contribution >= 4 is 29.0 Å². The second-order valence-electron chi connectivity index (χ2n) is 5.57. The Morgan fingerprint density at radius 1 is 1.33 bits per heavy atom. The van der Waals surface area contributed by atoms with Crippen molar-refractivity contribution in [3.8, 4) is 0 Å². The van der Waals surface area contributed by atoms with Crippen molar-refractivity contribution in [2.24, 2.45) is 0 Å². The number of ether oxygens (including phenoxy) is 1. The molecule has 0 aliphatic carbocycles. The molecule has 0 saturated carbocycles. The van der Waals surface area contributed by atoms with Crippen LogP contribution in [0.3, 0.4) is 0 Å². The lowest BCUT2D eigenvalue weighted by Crippen LogP contribution is -2.44. The van der Waals surface area contributed by atoms with Crippen molar-refractivity contribution in [2.75, 3.05) is 11.9 Å². The Morgan fingerprint density at radius 2 is 2.00 bits per heavy atom. The van der Waals surface area contributed by atoms with Crippen LogP contribution in [-0.4, -0.2) is 23.2 Å². The lowest BCUT2D eigenvalue weighted by molar-refractivity contribution is 0.0526. The molecule has 21 heavy (non-hydrogen) atoms. The first-order valence-corrected chi connectivity index (χ1v) is 7.57. The fraction of sp³-hybridized carbons (Fsp3) is 0.500. The molecule has 0 aliphatic heterocycles. The number of rotatable bonds is 5. The summed E-state index contributed by atoms with van der Waals surface area (Å²) in [5.74, 6) is -0.306. The number of aryl methyl sites for hydroxylation is 1. The third-order valence-corrected chi connectivity index (χ3v) is 3.53. The summed E-state index contributed by atoms with van der Waals surface area (Å²) in [5.41, 5.74) is 2.32. The van der Waals surface area contributed by atoms with Crippen molar-refractivity contribution in [2.45, 2.75) is 46.6 Å². The normalized spacial score (nSPS) is 10.9. The van der Waals surface area contributed by atoms with E-state index in [0.717, 1.165) is 17.7 Å². The van der Waals surface area contributed by atoms with Gasteiger partial charge in [0, 0.05) is 11.2 Å². The maximum atomic E-state index is 11.7. The largest absolute Gasteiger partial charge is 0.462 e. The van der Waals surface area contributed by atoms with Gasteiger partial charge < -0.3 is 15.4 Å². The molecule has 0 atom stereocenters. The zero-order valence-electron chi connectivity index (χ0n) is 13.4. The number of carbonyl (C=O) groups excluding carboxylic acids is 1. The molecule has 0 amide bonds. The molecule has 0 aromatic heterocycles. The first-order chi connectivity index (χ1) is 9.79. The minimum atomic E-state index is -0.306. The number of carbonyl (C=O) groups is 1. The van der Waals surface area contributed by atoms with Gasteiger partial charge in [-0.15, -0.1) is 0 Å². The minimum absolute atomic E-state index is 0.0527. The smallest absolute Gasteiger partial charge is 0.338 e. The van der Waals surface area contributed by atoms with Crippen molar-refractivity contribution in [1.82, 2.24) is 5.32 Å². The van der Waals surface area contributed by atoms with E-state index in [1.807, 2.05) is 13.0 Å². The molecule has 2 N–H and O–H groups in total. The van der Waals surface area contributed by atoms with Crippen LogP contribution < -0.4 is 10.6 Å². The van der Waals surface area contributed by atoms with Crippen LogP contribution in [0.15, 0.2) is 18.2 Å². The Labute approximate surface area is 132 Å². The molecule has 0 fully saturated rings. The van der Waals surface area contributed by atoms with Crippen LogP contribution in [0, 0.1) is 6.92 Å². The Kier molecular flexibility index (Phi) is 6.15. The van der Waals surface area contributed by atoms with Crippen LogP contribution in [-0.2, 0) is 4.74 Å². The molecule has 1 rings (SSSR count). The van der Waals surface area contributed by atoms with E-state index in [9.17, 15) is 4.79 Å². The molecule has 4 nitrogen and oxygen atoms in total. The van der Waals surface area contributed by atoms with E-state index in [2.05, 4.69) is 31.4 Å². The quantitative estimate of drug-likeness (QED) is 0.642. The van der Waals surface area contributed by atoms with E-state index in [1.165, 1.54) is 0 Å². The summed E-state index contributed by atoms with van der Waals surface area (Å²) < 4.78 is 4.99. The number of hydrogen-bond acceptors (Lipinski definition) is 3. The van der Waals surface area contributed by atoms with Gasteiger partial charge >= 0.3 is 5.97 Å². The highest BCUT2D eigenvalue weighted by molar-refractivity contribution is 7.80. The number of benzene rings is 1. The SMILES string of the molecule is CCOC(=O)c1ccc(NC(=S)NC(C)(C)CC)c(C)c1. The topological polar surface area (TPSA) is 50.4 Å². The van der Waals surface area contributed by atoms with Crippen molar-refractivity contribution in [3.05, 3.63) is 29.3 Å². The molecular weight excluding hydrogens is 284 g/mol. The second kappa shape index (κ2) is 7.41. The second-order valence-corrected chi connectivity index (χ2v) is 5.97. The maximum absolute atomic E-state index is 11.7. The Bertz CT molecular complexity index is 527. The van der Waals surface area contributed by atoms with Crippen LogP contribution in [0.2, 0.25) is 0 Å². The molecule has 5 heteroatoms. The van der Waals surface area contributed by atoms with Gasteiger partial charge in [0.15, 0.2) is 5.11 Å². The number of nitrogens with one attached hydrogen (secondary N) is 2. The van der Waals surface area contributed by atoms with Crippen LogP contribution in [0.5, 0.6) is 0 Å². The van der Waals surface area contributed by atoms with Gasteiger partial charge in [-0.1, -0.05) is 6.92 Å². The van der Waals surface area contributed by atoms with Gasteiger partial charge in [0.05, 0.1) is 12.2 Å². The molecule has 0 aliphatic rings. The molecule has 0 unspecified atom stereocenters. The highest BCUT2D eigenvalue weighted by atomic mass is 32.1. The molecule has 116 valence electrons. The maximum Gasteiger partial charge on any atom is 0.338 e. The van der Waals surface area contributed by atoms with E-state index >= 15 is 0 Å². The van der Waals surface area contributed by atoms with Crippen molar-refractivity contribution in [3.63, 3.8) is 0 Å². The molecule has 1 aromatic rings. The van der Waals surface area contributed by atoms with Gasteiger partial charge in [0.25, 0.3) is 0 Å². The standard InChI is InChI=1S/C16H24N2O2S/c1-6-16(4,5)18-15(21)17-13-9-8-12(10-11(13)3)14(19)20-7-2/h8-10H,6-7H2,1-5H3,(H2,17,18,21). The summed E-state index contributed by atoms with van der Waals surface area (Å²) in [7, 11) is 0. The molecule has 1 aromatic carbocycles. The van der Waals surface area contributed by atoms with Crippen LogP contribution in [0.25, 0.3) is 0 Å². The summed E-state index contributed by atoms with van der Waals surface area (Å²) in [4.78, 5) is 11.7. The third kappa shape index (κ3) is 5.34. The lowest BCUT2D eigenvalue weighted by Gasteiger charge is -2.26. The Balaban J connectivity index is 2.77.